The Bertz CT molecular complexity index is 800. The van der Waals surface area contributed by atoms with Crippen LogP contribution in [0.15, 0.2) is 66.3 Å². The summed E-state index contributed by atoms with van der Waals surface area (Å²) >= 11 is 0. The van der Waals surface area contributed by atoms with E-state index in [0.29, 0.717) is 23.6 Å². The number of ether oxygens (including phenoxy) is 1. The van der Waals surface area contributed by atoms with Crippen molar-refractivity contribution in [2.75, 3.05) is 11.9 Å². The number of rotatable bonds is 7. The van der Waals surface area contributed by atoms with Crippen molar-refractivity contribution >= 4 is 23.7 Å². The molecule has 0 saturated heterocycles. The Hall–Kier alpha value is -3.41. The van der Waals surface area contributed by atoms with Gasteiger partial charge in [-0.25, -0.2) is 5.43 Å². The van der Waals surface area contributed by atoms with Gasteiger partial charge in [-0.15, -0.1) is 0 Å². The highest BCUT2D eigenvalue weighted by atomic mass is 16.5. The van der Waals surface area contributed by atoms with Crippen molar-refractivity contribution in [1.82, 2.24) is 5.43 Å². The Labute approximate surface area is 146 Å². The lowest BCUT2D eigenvalue weighted by atomic mass is 10.2. The monoisotopic (exact) mass is 337 g/mol. The zero-order valence-corrected chi connectivity index (χ0v) is 13.9. The van der Waals surface area contributed by atoms with Crippen LogP contribution in [0.2, 0.25) is 0 Å². The third-order valence-corrected chi connectivity index (χ3v) is 3.09. The Morgan fingerprint density at radius 3 is 2.76 bits per heavy atom. The van der Waals surface area contributed by atoms with Gasteiger partial charge >= 0.3 is 0 Å². The number of hydrogen-bond donors (Lipinski definition) is 2. The maximum absolute atomic E-state index is 12.1. The van der Waals surface area contributed by atoms with E-state index in [1.54, 1.807) is 30.3 Å². The predicted octanol–water partition coefficient (Wildman–Crippen LogP) is 2.97. The van der Waals surface area contributed by atoms with E-state index in [2.05, 4.69) is 22.4 Å². The Kier molecular flexibility index (Phi) is 6.47. The number of nitrogens with zero attached hydrogens (tertiary/aromatic N) is 1. The van der Waals surface area contributed by atoms with E-state index < -0.39 is 0 Å². The zero-order chi connectivity index (χ0) is 18.1. The number of hydrogen-bond acceptors (Lipinski definition) is 4. The number of para-hydroxylation sites is 1. The largest absolute Gasteiger partial charge is 0.489 e. The molecule has 0 unspecified atom stereocenters. The third kappa shape index (κ3) is 5.62. The fraction of sp³-hybridized carbons (Fsp3) is 0.105. The van der Waals surface area contributed by atoms with E-state index in [-0.39, 0.29) is 11.8 Å². The van der Waals surface area contributed by atoms with Gasteiger partial charge in [0, 0.05) is 23.7 Å². The molecule has 0 atom stereocenters. The average Bonchev–Trinajstić information content (AvgIpc) is 2.60. The second-order valence-electron chi connectivity index (χ2n) is 5.10. The molecule has 0 aliphatic rings. The average molecular weight is 337 g/mol. The van der Waals surface area contributed by atoms with Gasteiger partial charge in [0.1, 0.15) is 12.4 Å². The predicted molar refractivity (Wildman–Crippen MR) is 97.9 cm³/mol. The molecule has 0 fully saturated rings. The molecule has 6 nitrogen and oxygen atoms in total. The summed E-state index contributed by atoms with van der Waals surface area (Å²) in [7, 11) is 0. The summed E-state index contributed by atoms with van der Waals surface area (Å²) in [5, 5.41) is 6.59. The van der Waals surface area contributed by atoms with Crippen LogP contribution in [0.3, 0.4) is 0 Å². The van der Waals surface area contributed by atoms with Gasteiger partial charge in [-0.3, -0.25) is 9.59 Å². The van der Waals surface area contributed by atoms with Crippen LogP contribution in [0.1, 0.15) is 22.8 Å². The fourth-order valence-electron chi connectivity index (χ4n) is 2.03. The lowest BCUT2D eigenvalue weighted by Crippen LogP contribution is -2.18. The van der Waals surface area contributed by atoms with Crippen LogP contribution in [-0.4, -0.2) is 24.6 Å². The standard InChI is InChI=1S/C19H19N3O3/c1-3-11-25-18-10-5-4-7-16(18)13-20-22-19(24)15-8-6-9-17(12-15)21-14(2)23/h3-10,12-13H,1,11H2,2H3,(H,21,23)(H,22,24)/b20-13-. The quantitative estimate of drug-likeness (QED) is 0.463. The lowest BCUT2D eigenvalue weighted by molar-refractivity contribution is -0.114. The smallest absolute Gasteiger partial charge is 0.271 e. The number of anilines is 1. The first-order valence-corrected chi connectivity index (χ1v) is 7.64. The summed E-state index contributed by atoms with van der Waals surface area (Å²) in [5.41, 5.74) is 4.12. The highest BCUT2D eigenvalue weighted by molar-refractivity contribution is 5.97. The summed E-state index contributed by atoms with van der Waals surface area (Å²) in [4.78, 5) is 23.2. The van der Waals surface area contributed by atoms with Crippen molar-refractivity contribution in [3.8, 4) is 5.75 Å². The second-order valence-corrected chi connectivity index (χ2v) is 5.10. The maximum atomic E-state index is 12.1. The minimum atomic E-state index is -0.382. The molecule has 2 N–H and O–H groups in total. The van der Waals surface area contributed by atoms with Crippen molar-refractivity contribution in [2.24, 2.45) is 5.10 Å². The van der Waals surface area contributed by atoms with Gasteiger partial charge in [0.25, 0.3) is 5.91 Å². The van der Waals surface area contributed by atoms with E-state index in [0.717, 1.165) is 5.56 Å². The molecule has 25 heavy (non-hydrogen) atoms. The zero-order valence-electron chi connectivity index (χ0n) is 13.9. The Morgan fingerprint density at radius 2 is 2.00 bits per heavy atom. The normalized spacial score (nSPS) is 10.3. The first kappa shape index (κ1) is 17.9. The molecule has 0 spiro atoms. The van der Waals surface area contributed by atoms with E-state index in [1.807, 2.05) is 24.3 Å². The van der Waals surface area contributed by atoms with Gasteiger partial charge in [0.2, 0.25) is 5.91 Å². The molecule has 2 amide bonds. The molecule has 0 aromatic heterocycles. The number of hydrazone groups is 1. The van der Waals surface area contributed by atoms with Crippen LogP contribution >= 0.6 is 0 Å². The van der Waals surface area contributed by atoms with Crippen molar-refractivity contribution in [1.29, 1.82) is 0 Å². The van der Waals surface area contributed by atoms with Crippen molar-refractivity contribution in [3.63, 3.8) is 0 Å². The van der Waals surface area contributed by atoms with E-state index >= 15 is 0 Å². The molecule has 2 rings (SSSR count). The highest BCUT2D eigenvalue weighted by Gasteiger charge is 2.06. The number of amides is 2. The molecule has 0 bridgehead atoms. The first-order valence-electron chi connectivity index (χ1n) is 7.64. The topological polar surface area (TPSA) is 79.8 Å². The van der Waals surface area contributed by atoms with Gasteiger partial charge in [-0.2, -0.15) is 5.10 Å². The lowest BCUT2D eigenvalue weighted by Gasteiger charge is -2.06. The molecular formula is C19H19N3O3. The summed E-state index contributed by atoms with van der Waals surface area (Å²) < 4.78 is 5.52. The molecule has 0 radical (unpaired) electrons. The van der Waals surface area contributed by atoms with Crippen LogP contribution in [-0.2, 0) is 4.79 Å². The molecule has 0 aliphatic carbocycles. The van der Waals surface area contributed by atoms with Crippen LogP contribution in [0.4, 0.5) is 5.69 Å². The molecule has 0 saturated carbocycles. The number of carbonyl (C=O) groups excluding carboxylic acids is 2. The van der Waals surface area contributed by atoms with Crippen molar-refractivity contribution in [2.45, 2.75) is 6.92 Å². The van der Waals surface area contributed by atoms with E-state index in [1.165, 1.54) is 13.1 Å². The van der Waals surface area contributed by atoms with Gasteiger partial charge in [0.05, 0.1) is 6.21 Å². The van der Waals surface area contributed by atoms with Gasteiger partial charge in [-0.1, -0.05) is 30.9 Å². The number of nitrogens with one attached hydrogen (secondary N) is 2. The molecular weight excluding hydrogens is 318 g/mol. The molecule has 6 heteroatoms. The molecule has 0 heterocycles. The SMILES string of the molecule is C=CCOc1ccccc1/C=N\NC(=O)c1cccc(NC(C)=O)c1. The Morgan fingerprint density at radius 1 is 1.20 bits per heavy atom. The van der Waals surface area contributed by atoms with Crippen LogP contribution in [0.25, 0.3) is 0 Å². The second kappa shape index (κ2) is 9.02. The minimum absolute atomic E-state index is 0.202. The molecule has 0 aliphatic heterocycles. The highest BCUT2D eigenvalue weighted by Crippen LogP contribution is 2.15. The minimum Gasteiger partial charge on any atom is -0.489 e. The van der Waals surface area contributed by atoms with Crippen LogP contribution < -0.4 is 15.5 Å². The summed E-state index contributed by atoms with van der Waals surface area (Å²) in [6.07, 6.45) is 3.16. The van der Waals surface area contributed by atoms with Crippen molar-refractivity contribution < 1.29 is 14.3 Å². The third-order valence-electron chi connectivity index (χ3n) is 3.09. The van der Waals surface area contributed by atoms with E-state index in [9.17, 15) is 9.59 Å². The van der Waals surface area contributed by atoms with E-state index in [4.69, 9.17) is 4.74 Å². The van der Waals surface area contributed by atoms with Gasteiger partial charge in [-0.05, 0) is 30.3 Å². The van der Waals surface area contributed by atoms with Crippen LogP contribution in [0.5, 0.6) is 5.75 Å². The molecule has 2 aromatic carbocycles. The number of carbonyl (C=O) groups is 2. The Balaban J connectivity index is 2.03. The first-order chi connectivity index (χ1) is 12.1. The summed E-state index contributed by atoms with van der Waals surface area (Å²) in [6, 6.07) is 13.9. The molecule has 2 aromatic rings. The maximum Gasteiger partial charge on any atom is 0.271 e. The van der Waals surface area contributed by atoms with Gasteiger partial charge < -0.3 is 10.1 Å². The summed E-state index contributed by atoms with van der Waals surface area (Å²) in [6.45, 7) is 5.40. The van der Waals surface area contributed by atoms with Crippen LogP contribution in [0, 0.1) is 0 Å². The molecule has 128 valence electrons. The van der Waals surface area contributed by atoms with Crippen molar-refractivity contribution in [3.05, 3.63) is 72.3 Å². The number of benzene rings is 2. The fourth-order valence-corrected chi connectivity index (χ4v) is 2.03. The summed E-state index contributed by atoms with van der Waals surface area (Å²) in [5.74, 6) is 0.0627. The van der Waals surface area contributed by atoms with Gasteiger partial charge in [0.15, 0.2) is 0 Å².